The zero-order valence-corrected chi connectivity index (χ0v) is 12.5. The number of rotatable bonds is 3. The molecule has 5 heteroatoms. The predicted octanol–water partition coefficient (Wildman–Crippen LogP) is 2.95. The molecule has 1 aromatic carbocycles. The molecule has 2 aromatic heterocycles. The summed E-state index contributed by atoms with van der Waals surface area (Å²) < 4.78 is 3.70. The highest BCUT2D eigenvalue weighted by atomic mass is 15.3. The molecule has 0 aliphatic rings. The highest BCUT2D eigenvalue weighted by molar-refractivity contribution is 5.71. The molecule has 2 heterocycles. The van der Waals surface area contributed by atoms with Gasteiger partial charge < -0.3 is 5.73 Å². The summed E-state index contributed by atoms with van der Waals surface area (Å²) in [5, 5.41) is 8.90. The van der Waals surface area contributed by atoms with E-state index in [4.69, 9.17) is 5.73 Å². The van der Waals surface area contributed by atoms with E-state index in [1.54, 1.807) is 6.20 Å². The SMILES string of the molecule is CCn1cc(-c2nn(-c3ccc(C)cc3C)cc2N)cn1. The fourth-order valence-corrected chi connectivity index (χ4v) is 2.46. The fraction of sp³-hybridized carbons (Fsp3) is 0.250. The van der Waals surface area contributed by atoms with Crippen molar-refractivity contribution in [3.63, 3.8) is 0 Å². The first-order chi connectivity index (χ1) is 10.1. The number of hydrogen-bond donors (Lipinski definition) is 1. The summed E-state index contributed by atoms with van der Waals surface area (Å²) in [5.41, 5.74) is 11.9. The lowest BCUT2D eigenvalue weighted by Crippen LogP contribution is -1.98. The van der Waals surface area contributed by atoms with Crippen LogP contribution in [0.15, 0.2) is 36.8 Å². The Labute approximate surface area is 124 Å². The van der Waals surface area contributed by atoms with Crippen LogP contribution in [0.3, 0.4) is 0 Å². The Bertz CT molecular complexity index is 782. The number of hydrogen-bond acceptors (Lipinski definition) is 3. The van der Waals surface area contributed by atoms with Gasteiger partial charge in [0.1, 0.15) is 5.69 Å². The molecule has 0 amide bonds. The molecular weight excluding hydrogens is 262 g/mol. The van der Waals surface area contributed by atoms with E-state index >= 15 is 0 Å². The number of aryl methyl sites for hydroxylation is 3. The van der Waals surface area contributed by atoms with Crippen LogP contribution in [0.5, 0.6) is 0 Å². The van der Waals surface area contributed by atoms with Gasteiger partial charge in [-0.15, -0.1) is 0 Å². The summed E-state index contributed by atoms with van der Waals surface area (Å²) >= 11 is 0. The molecule has 0 unspecified atom stereocenters. The molecule has 5 nitrogen and oxygen atoms in total. The van der Waals surface area contributed by atoms with Crippen molar-refractivity contribution in [1.82, 2.24) is 19.6 Å². The van der Waals surface area contributed by atoms with Crippen molar-refractivity contribution in [2.75, 3.05) is 5.73 Å². The molecule has 0 saturated heterocycles. The van der Waals surface area contributed by atoms with E-state index in [1.165, 1.54) is 11.1 Å². The molecule has 0 atom stereocenters. The lowest BCUT2D eigenvalue weighted by atomic mass is 10.1. The van der Waals surface area contributed by atoms with Gasteiger partial charge in [0.2, 0.25) is 0 Å². The molecule has 3 rings (SSSR count). The summed E-state index contributed by atoms with van der Waals surface area (Å²) in [5.74, 6) is 0. The first-order valence-corrected chi connectivity index (χ1v) is 7.04. The van der Waals surface area contributed by atoms with Crippen molar-refractivity contribution >= 4 is 5.69 Å². The van der Waals surface area contributed by atoms with Crippen molar-refractivity contribution in [2.45, 2.75) is 27.3 Å². The number of nitrogens with zero attached hydrogens (tertiary/aromatic N) is 4. The van der Waals surface area contributed by atoms with Crippen molar-refractivity contribution in [3.8, 4) is 16.9 Å². The smallest absolute Gasteiger partial charge is 0.119 e. The second-order valence-electron chi connectivity index (χ2n) is 5.25. The number of nitrogens with two attached hydrogens (primary N) is 1. The first-order valence-electron chi connectivity index (χ1n) is 7.04. The van der Waals surface area contributed by atoms with Gasteiger partial charge in [0.05, 0.1) is 23.8 Å². The molecule has 0 spiro atoms. The molecule has 0 bridgehead atoms. The number of benzene rings is 1. The standard InChI is InChI=1S/C16H19N5/c1-4-20-9-13(8-18-20)16-14(17)10-21(19-16)15-6-5-11(2)7-12(15)3/h5-10H,4,17H2,1-3H3. The Kier molecular flexibility index (Phi) is 3.25. The van der Waals surface area contributed by atoms with Crippen molar-refractivity contribution in [2.24, 2.45) is 0 Å². The van der Waals surface area contributed by atoms with E-state index in [0.717, 1.165) is 23.5 Å². The minimum atomic E-state index is 0.658. The van der Waals surface area contributed by atoms with Gasteiger partial charge in [0.25, 0.3) is 0 Å². The van der Waals surface area contributed by atoms with E-state index in [2.05, 4.69) is 49.2 Å². The Morgan fingerprint density at radius 1 is 1.19 bits per heavy atom. The first kappa shape index (κ1) is 13.4. The van der Waals surface area contributed by atoms with Crippen LogP contribution in [0.25, 0.3) is 16.9 Å². The van der Waals surface area contributed by atoms with Gasteiger partial charge in [-0.1, -0.05) is 17.7 Å². The van der Waals surface area contributed by atoms with Gasteiger partial charge in [-0.3, -0.25) is 4.68 Å². The quantitative estimate of drug-likeness (QED) is 0.803. The fourth-order valence-electron chi connectivity index (χ4n) is 2.46. The normalized spacial score (nSPS) is 11.0. The molecule has 0 aliphatic carbocycles. The van der Waals surface area contributed by atoms with Crippen molar-refractivity contribution < 1.29 is 0 Å². The summed E-state index contributed by atoms with van der Waals surface area (Å²) in [6.07, 6.45) is 5.62. The summed E-state index contributed by atoms with van der Waals surface area (Å²) in [7, 11) is 0. The highest BCUT2D eigenvalue weighted by Crippen LogP contribution is 2.26. The third-order valence-corrected chi connectivity index (χ3v) is 3.57. The third-order valence-electron chi connectivity index (χ3n) is 3.57. The second kappa shape index (κ2) is 5.09. The maximum Gasteiger partial charge on any atom is 0.119 e. The van der Waals surface area contributed by atoms with Crippen LogP contribution in [0.2, 0.25) is 0 Å². The average molecular weight is 281 g/mol. The number of nitrogen functional groups attached to an aromatic ring is 1. The van der Waals surface area contributed by atoms with Crippen LogP contribution >= 0.6 is 0 Å². The van der Waals surface area contributed by atoms with Crippen molar-refractivity contribution in [1.29, 1.82) is 0 Å². The monoisotopic (exact) mass is 281 g/mol. The maximum absolute atomic E-state index is 6.12. The van der Waals surface area contributed by atoms with E-state index < -0.39 is 0 Å². The third kappa shape index (κ3) is 2.42. The van der Waals surface area contributed by atoms with Crippen molar-refractivity contribution in [3.05, 3.63) is 47.9 Å². The molecule has 0 fully saturated rings. The molecule has 0 radical (unpaired) electrons. The van der Waals surface area contributed by atoms with E-state index in [-0.39, 0.29) is 0 Å². The number of anilines is 1. The van der Waals surface area contributed by atoms with Gasteiger partial charge >= 0.3 is 0 Å². The summed E-state index contributed by atoms with van der Waals surface area (Å²) in [6.45, 7) is 7.04. The Morgan fingerprint density at radius 2 is 2.00 bits per heavy atom. The summed E-state index contributed by atoms with van der Waals surface area (Å²) in [6, 6.07) is 6.29. The molecular formula is C16H19N5. The van der Waals surface area contributed by atoms with Crippen LogP contribution < -0.4 is 5.73 Å². The van der Waals surface area contributed by atoms with E-state index in [1.807, 2.05) is 21.8 Å². The summed E-state index contributed by atoms with van der Waals surface area (Å²) in [4.78, 5) is 0. The second-order valence-corrected chi connectivity index (χ2v) is 5.25. The molecule has 21 heavy (non-hydrogen) atoms. The molecule has 0 aliphatic heterocycles. The van der Waals surface area contributed by atoms with Crippen LogP contribution in [-0.4, -0.2) is 19.6 Å². The minimum Gasteiger partial charge on any atom is -0.396 e. The van der Waals surface area contributed by atoms with Gasteiger partial charge in [-0.2, -0.15) is 10.2 Å². The van der Waals surface area contributed by atoms with Crippen LogP contribution in [0, 0.1) is 13.8 Å². The van der Waals surface area contributed by atoms with E-state index in [9.17, 15) is 0 Å². The van der Waals surface area contributed by atoms with Gasteiger partial charge in [0.15, 0.2) is 0 Å². The highest BCUT2D eigenvalue weighted by Gasteiger charge is 2.12. The van der Waals surface area contributed by atoms with Crippen LogP contribution in [0.4, 0.5) is 5.69 Å². The van der Waals surface area contributed by atoms with Gasteiger partial charge in [-0.05, 0) is 32.4 Å². The topological polar surface area (TPSA) is 61.7 Å². The van der Waals surface area contributed by atoms with Gasteiger partial charge in [0, 0.05) is 18.3 Å². The largest absolute Gasteiger partial charge is 0.396 e. The molecule has 3 aromatic rings. The van der Waals surface area contributed by atoms with E-state index in [0.29, 0.717) is 5.69 Å². The Balaban J connectivity index is 2.05. The Hall–Kier alpha value is -2.56. The maximum atomic E-state index is 6.12. The lowest BCUT2D eigenvalue weighted by molar-refractivity contribution is 0.660. The average Bonchev–Trinajstić information content (AvgIpc) is 3.05. The molecule has 2 N–H and O–H groups in total. The molecule has 0 saturated carbocycles. The van der Waals surface area contributed by atoms with Crippen LogP contribution in [0.1, 0.15) is 18.1 Å². The minimum absolute atomic E-state index is 0.658. The lowest BCUT2D eigenvalue weighted by Gasteiger charge is -2.06. The van der Waals surface area contributed by atoms with Crippen LogP contribution in [-0.2, 0) is 6.54 Å². The molecule has 108 valence electrons. The zero-order chi connectivity index (χ0) is 15.0. The Morgan fingerprint density at radius 3 is 2.67 bits per heavy atom. The predicted molar refractivity (Wildman–Crippen MR) is 84.3 cm³/mol. The van der Waals surface area contributed by atoms with Gasteiger partial charge in [-0.25, -0.2) is 4.68 Å². The number of aromatic nitrogens is 4. The zero-order valence-electron chi connectivity index (χ0n) is 12.5.